The Balaban J connectivity index is 1.64. The topological polar surface area (TPSA) is 15.3 Å². The Morgan fingerprint density at radius 2 is 1.75 bits per heavy atom. The molecule has 0 unspecified atom stereocenters. The summed E-state index contributed by atoms with van der Waals surface area (Å²) in [6, 6.07) is 11.4. The van der Waals surface area contributed by atoms with Gasteiger partial charge in [0.15, 0.2) is 0 Å². The maximum atomic E-state index is 3.70. The molecule has 0 saturated carbocycles. The number of piperidine rings is 1. The minimum Gasteiger partial charge on any atom is -0.310 e. The van der Waals surface area contributed by atoms with Crippen molar-refractivity contribution in [1.82, 2.24) is 10.2 Å². The van der Waals surface area contributed by atoms with Crippen LogP contribution in [0.1, 0.15) is 45.6 Å². The third-order valence-electron chi connectivity index (χ3n) is 4.20. The summed E-state index contributed by atoms with van der Waals surface area (Å²) < 4.78 is 0. The molecule has 20 heavy (non-hydrogen) atoms. The minimum absolute atomic E-state index is 0.461. The van der Waals surface area contributed by atoms with Crippen LogP contribution in [0.3, 0.4) is 0 Å². The van der Waals surface area contributed by atoms with Gasteiger partial charge in [0.1, 0.15) is 0 Å². The smallest absolute Gasteiger partial charge is 0.0208 e. The average molecular weight is 274 g/mol. The van der Waals surface area contributed by atoms with Gasteiger partial charge in [-0.3, -0.25) is 0 Å². The number of nitrogens with zero attached hydrogens (tertiary/aromatic N) is 1. The molecule has 0 aromatic heterocycles. The maximum Gasteiger partial charge on any atom is 0.0208 e. The molecule has 0 atom stereocenters. The van der Waals surface area contributed by atoms with Crippen molar-refractivity contribution in [2.24, 2.45) is 5.41 Å². The van der Waals surface area contributed by atoms with Crippen molar-refractivity contribution in [2.75, 3.05) is 19.6 Å². The van der Waals surface area contributed by atoms with E-state index in [1.807, 2.05) is 0 Å². The summed E-state index contributed by atoms with van der Waals surface area (Å²) in [5, 5.41) is 3.70. The Hall–Kier alpha value is -0.860. The van der Waals surface area contributed by atoms with E-state index in [0.29, 0.717) is 11.5 Å². The molecular weight excluding hydrogens is 244 g/mol. The molecule has 112 valence electrons. The van der Waals surface area contributed by atoms with E-state index in [2.05, 4.69) is 61.3 Å². The second-order valence-electron chi connectivity index (χ2n) is 7.29. The molecule has 2 rings (SSSR count). The van der Waals surface area contributed by atoms with Crippen molar-refractivity contribution in [3.8, 4) is 0 Å². The number of benzene rings is 1. The van der Waals surface area contributed by atoms with Gasteiger partial charge in [-0.05, 0) is 49.9 Å². The molecule has 1 saturated heterocycles. The zero-order valence-corrected chi connectivity index (χ0v) is 13.4. The summed E-state index contributed by atoms with van der Waals surface area (Å²) in [5.74, 6) is 0. The fraction of sp³-hybridized carbons (Fsp3) is 0.667. The fourth-order valence-electron chi connectivity index (χ4n) is 2.71. The Morgan fingerprint density at radius 3 is 2.35 bits per heavy atom. The molecule has 0 bridgehead atoms. The van der Waals surface area contributed by atoms with Gasteiger partial charge >= 0.3 is 0 Å². The van der Waals surface area contributed by atoms with Crippen LogP contribution in [0.4, 0.5) is 0 Å². The summed E-state index contributed by atoms with van der Waals surface area (Å²) >= 11 is 0. The van der Waals surface area contributed by atoms with Gasteiger partial charge in [-0.2, -0.15) is 0 Å². The molecule has 0 aliphatic carbocycles. The van der Waals surface area contributed by atoms with Gasteiger partial charge in [-0.15, -0.1) is 0 Å². The van der Waals surface area contributed by atoms with Gasteiger partial charge in [-0.25, -0.2) is 0 Å². The van der Waals surface area contributed by atoms with Gasteiger partial charge in [0.25, 0.3) is 0 Å². The highest BCUT2D eigenvalue weighted by atomic mass is 15.1. The molecular formula is C18H30N2. The highest BCUT2D eigenvalue weighted by Crippen LogP contribution is 2.20. The fourth-order valence-corrected chi connectivity index (χ4v) is 2.71. The van der Waals surface area contributed by atoms with Crippen LogP contribution < -0.4 is 5.32 Å². The normalized spacial score (nSPS) is 18.4. The monoisotopic (exact) mass is 274 g/mol. The first-order valence-corrected chi connectivity index (χ1v) is 8.03. The van der Waals surface area contributed by atoms with E-state index in [-0.39, 0.29) is 0 Å². The minimum atomic E-state index is 0.461. The predicted molar refractivity (Wildman–Crippen MR) is 86.8 cm³/mol. The van der Waals surface area contributed by atoms with E-state index in [1.165, 1.54) is 44.5 Å². The summed E-state index contributed by atoms with van der Waals surface area (Å²) in [4.78, 5) is 2.63. The summed E-state index contributed by atoms with van der Waals surface area (Å²) in [7, 11) is 0. The van der Waals surface area contributed by atoms with Gasteiger partial charge in [0.2, 0.25) is 0 Å². The van der Waals surface area contributed by atoms with E-state index in [0.717, 1.165) is 6.54 Å². The number of nitrogens with one attached hydrogen (secondary N) is 1. The van der Waals surface area contributed by atoms with Crippen LogP contribution in [0.5, 0.6) is 0 Å². The molecule has 2 nitrogen and oxygen atoms in total. The molecule has 1 aliphatic rings. The molecule has 0 spiro atoms. The van der Waals surface area contributed by atoms with Crippen LogP contribution in [-0.4, -0.2) is 30.6 Å². The Kier molecular flexibility index (Phi) is 5.62. The summed E-state index contributed by atoms with van der Waals surface area (Å²) in [5.41, 5.74) is 1.85. The molecule has 1 aliphatic heterocycles. The third-order valence-corrected chi connectivity index (χ3v) is 4.20. The van der Waals surface area contributed by atoms with Crippen LogP contribution in [0.2, 0.25) is 0 Å². The SMILES string of the molecule is CC(C)(C)CCN1CCC(NCc2ccccc2)CC1. The molecule has 2 heteroatoms. The van der Waals surface area contributed by atoms with Gasteiger partial charge in [0.05, 0.1) is 0 Å². The molecule has 1 aromatic rings. The Morgan fingerprint density at radius 1 is 1.10 bits per heavy atom. The van der Waals surface area contributed by atoms with E-state index >= 15 is 0 Å². The highest BCUT2D eigenvalue weighted by molar-refractivity contribution is 5.14. The number of rotatable bonds is 5. The van der Waals surface area contributed by atoms with Crippen LogP contribution in [0, 0.1) is 5.41 Å². The van der Waals surface area contributed by atoms with Crippen molar-refractivity contribution in [3.63, 3.8) is 0 Å². The van der Waals surface area contributed by atoms with Gasteiger partial charge < -0.3 is 10.2 Å². The van der Waals surface area contributed by atoms with Crippen LogP contribution in [-0.2, 0) is 6.54 Å². The van der Waals surface area contributed by atoms with Crippen molar-refractivity contribution in [3.05, 3.63) is 35.9 Å². The van der Waals surface area contributed by atoms with Crippen molar-refractivity contribution in [1.29, 1.82) is 0 Å². The summed E-state index contributed by atoms with van der Waals surface area (Å²) in [6.07, 6.45) is 3.88. The molecule has 1 heterocycles. The zero-order chi connectivity index (χ0) is 14.4. The van der Waals surface area contributed by atoms with E-state index in [4.69, 9.17) is 0 Å². The van der Waals surface area contributed by atoms with Crippen molar-refractivity contribution >= 4 is 0 Å². The van der Waals surface area contributed by atoms with E-state index in [9.17, 15) is 0 Å². The number of hydrogen-bond donors (Lipinski definition) is 1. The lowest BCUT2D eigenvalue weighted by Gasteiger charge is -2.34. The lowest BCUT2D eigenvalue weighted by Crippen LogP contribution is -2.43. The first-order valence-electron chi connectivity index (χ1n) is 8.03. The first kappa shape index (κ1) is 15.5. The van der Waals surface area contributed by atoms with E-state index < -0.39 is 0 Å². The summed E-state index contributed by atoms with van der Waals surface area (Å²) in [6.45, 7) is 11.8. The van der Waals surface area contributed by atoms with E-state index in [1.54, 1.807) is 0 Å². The largest absolute Gasteiger partial charge is 0.310 e. The first-order chi connectivity index (χ1) is 9.53. The second-order valence-corrected chi connectivity index (χ2v) is 7.29. The zero-order valence-electron chi connectivity index (χ0n) is 13.4. The van der Waals surface area contributed by atoms with Crippen molar-refractivity contribution in [2.45, 2.75) is 52.6 Å². The lowest BCUT2D eigenvalue weighted by atomic mass is 9.91. The quantitative estimate of drug-likeness (QED) is 0.881. The standard InChI is InChI=1S/C18H30N2/c1-18(2,3)11-14-20-12-9-17(10-13-20)19-15-16-7-5-4-6-8-16/h4-8,17,19H,9-15H2,1-3H3. The molecule has 0 amide bonds. The van der Waals surface area contributed by atoms with Gasteiger partial charge in [0, 0.05) is 12.6 Å². The third kappa shape index (κ3) is 5.64. The van der Waals surface area contributed by atoms with Crippen LogP contribution in [0.25, 0.3) is 0 Å². The Labute approximate surface area is 124 Å². The predicted octanol–water partition coefficient (Wildman–Crippen LogP) is 3.68. The van der Waals surface area contributed by atoms with Crippen LogP contribution >= 0.6 is 0 Å². The highest BCUT2D eigenvalue weighted by Gasteiger charge is 2.20. The lowest BCUT2D eigenvalue weighted by molar-refractivity contribution is 0.174. The van der Waals surface area contributed by atoms with Crippen molar-refractivity contribution < 1.29 is 0 Å². The molecule has 1 fully saturated rings. The second kappa shape index (κ2) is 7.24. The maximum absolute atomic E-state index is 3.70. The average Bonchev–Trinajstić information content (AvgIpc) is 2.44. The van der Waals surface area contributed by atoms with Gasteiger partial charge in [-0.1, -0.05) is 51.1 Å². The molecule has 1 N–H and O–H groups in total. The number of hydrogen-bond acceptors (Lipinski definition) is 2. The molecule has 0 radical (unpaired) electrons. The Bertz CT molecular complexity index is 372. The molecule has 1 aromatic carbocycles. The number of likely N-dealkylation sites (tertiary alicyclic amines) is 1. The van der Waals surface area contributed by atoms with Crippen LogP contribution in [0.15, 0.2) is 30.3 Å².